The Morgan fingerprint density at radius 1 is 1.13 bits per heavy atom. The largest absolute Gasteiger partial charge is 0.380 e. The highest BCUT2D eigenvalue weighted by molar-refractivity contribution is 5.73. The van der Waals surface area contributed by atoms with Crippen LogP contribution < -0.4 is 0 Å². The molecule has 2 atom stereocenters. The Balaban J connectivity index is 1.41. The predicted octanol–water partition coefficient (Wildman–Crippen LogP) is 1.29. The van der Waals surface area contributed by atoms with Gasteiger partial charge in [0.2, 0.25) is 5.91 Å². The molecule has 1 amide bonds. The van der Waals surface area contributed by atoms with Gasteiger partial charge in [0.15, 0.2) is 0 Å². The molecule has 3 aliphatic rings. The number of likely N-dealkylation sites (tertiary alicyclic amines) is 1. The van der Waals surface area contributed by atoms with Crippen molar-refractivity contribution in [2.75, 3.05) is 59.0 Å². The lowest BCUT2D eigenvalue weighted by Crippen LogP contribution is -2.43. The topological polar surface area (TPSA) is 36.0 Å². The van der Waals surface area contributed by atoms with E-state index in [2.05, 4.69) is 16.7 Å². The van der Waals surface area contributed by atoms with Gasteiger partial charge in [-0.05, 0) is 31.1 Å². The van der Waals surface area contributed by atoms with E-state index in [1.54, 1.807) is 6.92 Å². The number of amides is 1. The fraction of sp³-hybridized carbons (Fsp3) is 0.944. The average Bonchev–Trinajstić information content (AvgIpc) is 3.30. The monoisotopic (exact) mass is 323 g/mol. The van der Waals surface area contributed by atoms with E-state index >= 15 is 0 Å². The van der Waals surface area contributed by atoms with Crippen molar-refractivity contribution in [1.82, 2.24) is 14.7 Å². The molecule has 1 saturated carbocycles. The molecule has 1 aliphatic carbocycles. The molecule has 2 heterocycles. The maximum absolute atomic E-state index is 11.6. The summed E-state index contributed by atoms with van der Waals surface area (Å²) in [5, 5.41) is 0. The van der Waals surface area contributed by atoms with E-state index in [-0.39, 0.29) is 5.91 Å². The van der Waals surface area contributed by atoms with Gasteiger partial charge in [-0.15, -0.1) is 0 Å². The van der Waals surface area contributed by atoms with E-state index in [0.717, 1.165) is 64.8 Å². The van der Waals surface area contributed by atoms with Gasteiger partial charge in [0.25, 0.3) is 0 Å². The van der Waals surface area contributed by atoms with E-state index in [1.807, 2.05) is 4.90 Å². The Morgan fingerprint density at radius 2 is 1.96 bits per heavy atom. The van der Waals surface area contributed by atoms with Crippen molar-refractivity contribution in [3.63, 3.8) is 0 Å². The van der Waals surface area contributed by atoms with E-state index < -0.39 is 0 Å². The van der Waals surface area contributed by atoms with Crippen molar-refractivity contribution in [2.45, 2.75) is 39.2 Å². The molecule has 5 nitrogen and oxygen atoms in total. The maximum Gasteiger partial charge on any atom is 0.219 e. The minimum Gasteiger partial charge on any atom is -0.380 e. The molecular formula is C18H33N3O2. The molecule has 0 aromatic rings. The van der Waals surface area contributed by atoms with Crippen molar-refractivity contribution in [2.24, 2.45) is 11.8 Å². The van der Waals surface area contributed by atoms with E-state index in [9.17, 15) is 4.79 Å². The highest BCUT2D eigenvalue weighted by Gasteiger charge is 2.34. The summed E-state index contributed by atoms with van der Waals surface area (Å²) in [5.74, 6) is 1.80. The highest BCUT2D eigenvalue weighted by atomic mass is 16.5. The van der Waals surface area contributed by atoms with Gasteiger partial charge in [0, 0.05) is 65.4 Å². The lowest BCUT2D eigenvalue weighted by atomic mass is 10.0. The molecule has 0 unspecified atom stereocenters. The summed E-state index contributed by atoms with van der Waals surface area (Å²) < 4.78 is 5.80. The van der Waals surface area contributed by atoms with Gasteiger partial charge in [-0.2, -0.15) is 0 Å². The number of hydrogen-bond donors (Lipinski definition) is 0. The summed E-state index contributed by atoms with van der Waals surface area (Å²) in [4.78, 5) is 18.8. The van der Waals surface area contributed by atoms with Crippen LogP contribution in [0.1, 0.15) is 33.1 Å². The molecule has 23 heavy (non-hydrogen) atoms. The van der Waals surface area contributed by atoms with Gasteiger partial charge >= 0.3 is 0 Å². The Hall–Kier alpha value is -0.650. The number of rotatable bonds is 6. The summed E-state index contributed by atoms with van der Waals surface area (Å²) >= 11 is 0. The number of carbonyl (C=O) groups excluding carboxylic acids is 1. The first-order valence-electron chi connectivity index (χ1n) is 9.43. The predicted molar refractivity (Wildman–Crippen MR) is 91.4 cm³/mol. The zero-order valence-corrected chi connectivity index (χ0v) is 14.9. The summed E-state index contributed by atoms with van der Waals surface area (Å²) in [6.45, 7) is 13.3. The molecule has 5 heteroatoms. The average molecular weight is 323 g/mol. The second-order valence-electron chi connectivity index (χ2n) is 7.72. The van der Waals surface area contributed by atoms with Crippen LogP contribution in [-0.2, 0) is 9.53 Å². The second kappa shape index (κ2) is 7.95. The molecule has 3 rings (SSSR count). The lowest BCUT2D eigenvalue weighted by molar-refractivity contribution is -0.128. The molecule has 2 saturated heterocycles. The van der Waals surface area contributed by atoms with Crippen LogP contribution in [0.15, 0.2) is 0 Å². The zero-order chi connectivity index (χ0) is 16.2. The van der Waals surface area contributed by atoms with E-state index in [1.165, 1.54) is 19.4 Å². The smallest absolute Gasteiger partial charge is 0.219 e. The number of nitrogens with zero attached hydrogens (tertiary/aromatic N) is 3. The first-order chi connectivity index (χ1) is 11.1. The van der Waals surface area contributed by atoms with Crippen molar-refractivity contribution < 1.29 is 9.53 Å². The number of carbonyl (C=O) groups is 1. The number of ether oxygens (including phenoxy) is 1. The first-order valence-corrected chi connectivity index (χ1v) is 9.43. The molecule has 0 aromatic heterocycles. The van der Waals surface area contributed by atoms with Crippen molar-refractivity contribution in [1.29, 1.82) is 0 Å². The van der Waals surface area contributed by atoms with Crippen molar-refractivity contribution >= 4 is 5.91 Å². The van der Waals surface area contributed by atoms with Crippen LogP contribution in [0.5, 0.6) is 0 Å². The molecule has 132 valence electrons. The van der Waals surface area contributed by atoms with E-state index in [0.29, 0.717) is 12.0 Å². The van der Waals surface area contributed by atoms with Crippen LogP contribution in [0.4, 0.5) is 0 Å². The van der Waals surface area contributed by atoms with Gasteiger partial charge in [-0.25, -0.2) is 0 Å². The van der Waals surface area contributed by atoms with Crippen LogP contribution in [0.3, 0.4) is 0 Å². The van der Waals surface area contributed by atoms with Crippen molar-refractivity contribution in [3.8, 4) is 0 Å². The quantitative estimate of drug-likeness (QED) is 0.690. The number of hydrogen-bond acceptors (Lipinski definition) is 4. The lowest BCUT2D eigenvalue weighted by Gasteiger charge is -2.30. The molecular weight excluding hydrogens is 290 g/mol. The molecule has 0 radical (unpaired) electrons. The maximum atomic E-state index is 11.6. The van der Waals surface area contributed by atoms with Gasteiger partial charge in [0.05, 0.1) is 6.61 Å². The Bertz CT molecular complexity index is 400. The standard InChI is InChI=1S/C18H33N3O2/c1-15-12-19(10-11-23-14-17-4-5-17)13-18(15)21-7-3-6-20(8-9-21)16(2)22/h15,17-18H,3-14H2,1-2H3/t15-,18+/m1/s1. The molecule has 0 aromatic carbocycles. The SMILES string of the molecule is CC(=O)N1CCCN([C@H]2CN(CCOCC3CC3)C[C@H]2C)CC1. The second-order valence-corrected chi connectivity index (χ2v) is 7.72. The van der Waals surface area contributed by atoms with E-state index in [4.69, 9.17) is 4.74 Å². The normalized spacial score (nSPS) is 30.6. The highest BCUT2D eigenvalue weighted by Crippen LogP contribution is 2.29. The van der Waals surface area contributed by atoms with Crippen LogP contribution in [0.25, 0.3) is 0 Å². The summed E-state index contributed by atoms with van der Waals surface area (Å²) in [7, 11) is 0. The molecule has 0 bridgehead atoms. The van der Waals surface area contributed by atoms with Crippen LogP contribution in [-0.4, -0.2) is 85.7 Å². The molecule has 0 spiro atoms. The minimum absolute atomic E-state index is 0.223. The molecule has 2 aliphatic heterocycles. The van der Waals surface area contributed by atoms with Crippen LogP contribution in [0.2, 0.25) is 0 Å². The summed E-state index contributed by atoms with van der Waals surface area (Å²) in [5.41, 5.74) is 0. The van der Waals surface area contributed by atoms with Gasteiger partial charge in [-0.3, -0.25) is 14.6 Å². The van der Waals surface area contributed by atoms with Gasteiger partial charge in [0.1, 0.15) is 0 Å². The Kier molecular flexibility index (Phi) is 5.94. The fourth-order valence-corrected chi connectivity index (χ4v) is 4.02. The Labute approximate surface area is 140 Å². The van der Waals surface area contributed by atoms with Gasteiger partial charge < -0.3 is 9.64 Å². The summed E-state index contributed by atoms with van der Waals surface area (Å²) in [6, 6.07) is 0.644. The van der Waals surface area contributed by atoms with Crippen LogP contribution >= 0.6 is 0 Å². The zero-order valence-electron chi connectivity index (χ0n) is 14.9. The fourth-order valence-electron chi connectivity index (χ4n) is 4.02. The third-order valence-electron chi connectivity index (χ3n) is 5.70. The van der Waals surface area contributed by atoms with Crippen LogP contribution in [0, 0.1) is 11.8 Å². The van der Waals surface area contributed by atoms with Gasteiger partial charge in [-0.1, -0.05) is 6.92 Å². The third-order valence-corrected chi connectivity index (χ3v) is 5.70. The summed E-state index contributed by atoms with van der Waals surface area (Å²) in [6.07, 6.45) is 3.84. The third kappa shape index (κ3) is 4.91. The minimum atomic E-state index is 0.223. The molecule has 3 fully saturated rings. The first kappa shape index (κ1) is 17.2. The molecule has 0 N–H and O–H groups in total. The van der Waals surface area contributed by atoms with Crippen molar-refractivity contribution in [3.05, 3.63) is 0 Å². The Morgan fingerprint density at radius 3 is 2.70 bits per heavy atom.